The summed E-state index contributed by atoms with van der Waals surface area (Å²) in [4.78, 5) is 12.6. The minimum Gasteiger partial charge on any atom is -0.459 e. The highest BCUT2D eigenvalue weighted by Crippen LogP contribution is 2.35. The van der Waals surface area contributed by atoms with Crippen LogP contribution in [0, 0.1) is 11.8 Å². The molecule has 2 aliphatic rings. The highest BCUT2D eigenvalue weighted by atomic mass is 16.5. The Labute approximate surface area is 185 Å². The summed E-state index contributed by atoms with van der Waals surface area (Å²) in [5.74, 6) is 2.27. The molecule has 0 radical (unpaired) electrons. The molecular formula is C28H44O2. The van der Waals surface area contributed by atoms with Crippen molar-refractivity contribution < 1.29 is 9.53 Å². The molecule has 0 saturated heterocycles. The quantitative estimate of drug-likeness (QED) is 0.284. The largest absolute Gasteiger partial charge is 0.459 e. The van der Waals surface area contributed by atoms with Gasteiger partial charge in [0.2, 0.25) is 0 Å². The van der Waals surface area contributed by atoms with Crippen molar-refractivity contribution in [2.75, 3.05) is 0 Å². The van der Waals surface area contributed by atoms with Gasteiger partial charge in [-0.15, -0.1) is 0 Å². The van der Waals surface area contributed by atoms with Gasteiger partial charge < -0.3 is 4.74 Å². The Kier molecular flexibility index (Phi) is 9.75. The summed E-state index contributed by atoms with van der Waals surface area (Å²) < 4.78 is 5.86. The van der Waals surface area contributed by atoms with E-state index in [-0.39, 0.29) is 12.1 Å². The number of carbonyl (C=O) groups excluding carboxylic acids is 1. The van der Waals surface area contributed by atoms with Crippen LogP contribution in [-0.4, -0.2) is 12.1 Å². The predicted octanol–water partition coefficient (Wildman–Crippen LogP) is 8.45. The fraction of sp³-hybridized carbons (Fsp3) is 0.750. The number of ether oxygens (including phenoxy) is 1. The molecule has 0 spiro atoms. The van der Waals surface area contributed by atoms with Gasteiger partial charge in [-0.2, -0.15) is 0 Å². The summed E-state index contributed by atoms with van der Waals surface area (Å²) in [6.07, 6.45) is 19.6. The van der Waals surface area contributed by atoms with E-state index in [1.54, 1.807) is 0 Å². The Hall–Kier alpha value is -1.31. The summed E-state index contributed by atoms with van der Waals surface area (Å²) in [5.41, 5.74) is 2.12. The van der Waals surface area contributed by atoms with Crippen molar-refractivity contribution in [3.63, 3.8) is 0 Å². The van der Waals surface area contributed by atoms with Gasteiger partial charge >= 0.3 is 5.97 Å². The molecule has 0 amide bonds. The van der Waals surface area contributed by atoms with Crippen molar-refractivity contribution in [2.24, 2.45) is 11.8 Å². The molecule has 30 heavy (non-hydrogen) atoms. The van der Waals surface area contributed by atoms with Gasteiger partial charge in [0.1, 0.15) is 6.10 Å². The fourth-order valence-electron chi connectivity index (χ4n) is 5.46. The molecular weight excluding hydrogens is 368 g/mol. The van der Waals surface area contributed by atoms with Crippen molar-refractivity contribution in [1.29, 1.82) is 0 Å². The first-order valence-electron chi connectivity index (χ1n) is 13.0. The summed E-state index contributed by atoms with van der Waals surface area (Å²) in [5, 5.41) is 0. The third-order valence-corrected chi connectivity index (χ3v) is 7.67. The fourth-order valence-corrected chi connectivity index (χ4v) is 5.46. The van der Waals surface area contributed by atoms with Crippen LogP contribution in [0.3, 0.4) is 0 Å². The Morgan fingerprint density at radius 3 is 2.13 bits per heavy atom. The number of esters is 1. The van der Waals surface area contributed by atoms with E-state index < -0.39 is 0 Å². The number of hydrogen-bond acceptors (Lipinski definition) is 2. The third-order valence-electron chi connectivity index (χ3n) is 7.67. The second-order valence-electron chi connectivity index (χ2n) is 10.2. The molecule has 1 aromatic rings. The van der Waals surface area contributed by atoms with Gasteiger partial charge in [0.25, 0.3) is 0 Å². The van der Waals surface area contributed by atoms with Crippen LogP contribution in [0.25, 0.3) is 0 Å². The van der Waals surface area contributed by atoms with Gasteiger partial charge in [0.15, 0.2) is 0 Å². The first-order chi connectivity index (χ1) is 14.7. The van der Waals surface area contributed by atoms with Crippen LogP contribution in [0.2, 0.25) is 0 Å². The van der Waals surface area contributed by atoms with E-state index in [4.69, 9.17) is 4.74 Å². The van der Waals surface area contributed by atoms with Crippen LogP contribution in [0.4, 0.5) is 0 Å². The Balaban J connectivity index is 1.34. The lowest BCUT2D eigenvalue weighted by molar-refractivity contribution is 0.0161. The first kappa shape index (κ1) is 23.4. The summed E-state index contributed by atoms with van der Waals surface area (Å²) in [7, 11) is 0. The van der Waals surface area contributed by atoms with E-state index in [9.17, 15) is 4.79 Å². The molecule has 3 rings (SSSR count). The zero-order chi connectivity index (χ0) is 21.2. The molecule has 0 aromatic heterocycles. The van der Waals surface area contributed by atoms with Crippen molar-refractivity contribution >= 4 is 5.97 Å². The van der Waals surface area contributed by atoms with Gasteiger partial charge in [-0.1, -0.05) is 83.8 Å². The van der Waals surface area contributed by atoms with Crippen LogP contribution in [0.5, 0.6) is 0 Å². The number of rotatable bonds is 10. The second kappa shape index (κ2) is 12.5. The van der Waals surface area contributed by atoms with Crippen molar-refractivity contribution in [2.45, 2.75) is 122 Å². The summed E-state index contributed by atoms with van der Waals surface area (Å²) in [6, 6.07) is 8.29. The van der Waals surface area contributed by atoms with Crippen LogP contribution in [-0.2, 0) is 4.74 Å². The lowest BCUT2D eigenvalue weighted by Crippen LogP contribution is -2.24. The Morgan fingerprint density at radius 1 is 0.833 bits per heavy atom. The Morgan fingerprint density at radius 2 is 1.47 bits per heavy atom. The number of carbonyl (C=O) groups is 1. The molecule has 0 bridgehead atoms. The maximum Gasteiger partial charge on any atom is 0.338 e. The van der Waals surface area contributed by atoms with Crippen molar-refractivity contribution in [3.8, 4) is 0 Å². The number of hydrogen-bond donors (Lipinski definition) is 0. The summed E-state index contributed by atoms with van der Waals surface area (Å²) >= 11 is 0. The lowest BCUT2D eigenvalue weighted by atomic mass is 9.79. The molecule has 2 saturated carbocycles. The standard InChI is InChI=1S/C28H44O2/c1-3-4-5-6-7-8-9-23-12-20-27(21-13-23)30-28(29)26-18-16-25(17-19-26)24-14-10-22(2)11-15-24/h16-19,22-24,27H,3-15,20-21H2,1-2H3. The van der Waals surface area contributed by atoms with Crippen molar-refractivity contribution in [3.05, 3.63) is 35.4 Å². The molecule has 0 N–H and O–H groups in total. The normalized spacial score (nSPS) is 27.0. The number of unbranched alkanes of at least 4 members (excludes halogenated alkanes) is 5. The molecule has 1 aromatic carbocycles. The van der Waals surface area contributed by atoms with Crippen LogP contribution >= 0.6 is 0 Å². The van der Waals surface area contributed by atoms with E-state index >= 15 is 0 Å². The number of benzene rings is 1. The molecule has 2 fully saturated rings. The van der Waals surface area contributed by atoms with Gasteiger partial charge in [-0.3, -0.25) is 0 Å². The van der Waals surface area contributed by atoms with Gasteiger partial charge in [-0.05, 0) is 74.0 Å². The minimum atomic E-state index is -0.127. The predicted molar refractivity (Wildman–Crippen MR) is 126 cm³/mol. The highest BCUT2D eigenvalue weighted by molar-refractivity contribution is 5.89. The third kappa shape index (κ3) is 7.43. The van der Waals surface area contributed by atoms with E-state index in [0.717, 1.165) is 30.2 Å². The average molecular weight is 413 g/mol. The first-order valence-corrected chi connectivity index (χ1v) is 13.0. The van der Waals surface area contributed by atoms with Crippen molar-refractivity contribution in [1.82, 2.24) is 0 Å². The zero-order valence-corrected chi connectivity index (χ0v) is 19.5. The zero-order valence-electron chi connectivity index (χ0n) is 19.5. The van der Waals surface area contributed by atoms with E-state index in [2.05, 4.69) is 26.0 Å². The molecule has 2 aliphatic carbocycles. The topological polar surface area (TPSA) is 26.3 Å². The molecule has 2 nitrogen and oxygen atoms in total. The minimum absolute atomic E-state index is 0.123. The second-order valence-corrected chi connectivity index (χ2v) is 10.2. The smallest absolute Gasteiger partial charge is 0.338 e. The van der Waals surface area contributed by atoms with E-state index in [0.29, 0.717) is 5.92 Å². The van der Waals surface area contributed by atoms with E-state index in [1.165, 1.54) is 89.0 Å². The van der Waals surface area contributed by atoms with Crippen LogP contribution in [0.1, 0.15) is 132 Å². The maximum atomic E-state index is 12.6. The van der Waals surface area contributed by atoms with Gasteiger partial charge in [0, 0.05) is 0 Å². The van der Waals surface area contributed by atoms with E-state index in [1.807, 2.05) is 12.1 Å². The molecule has 0 aliphatic heterocycles. The molecule has 0 heterocycles. The van der Waals surface area contributed by atoms with Crippen LogP contribution in [0.15, 0.2) is 24.3 Å². The molecule has 168 valence electrons. The van der Waals surface area contributed by atoms with Crippen LogP contribution < -0.4 is 0 Å². The van der Waals surface area contributed by atoms with Gasteiger partial charge in [0.05, 0.1) is 5.56 Å². The molecule has 0 unspecified atom stereocenters. The lowest BCUT2D eigenvalue weighted by Gasteiger charge is -2.28. The van der Waals surface area contributed by atoms with Gasteiger partial charge in [-0.25, -0.2) is 4.79 Å². The monoisotopic (exact) mass is 412 g/mol. The molecule has 0 atom stereocenters. The highest BCUT2D eigenvalue weighted by Gasteiger charge is 2.24. The maximum absolute atomic E-state index is 12.6. The Bertz CT molecular complexity index is 604. The summed E-state index contributed by atoms with van der Waals surface area (Å²) in [6.45, 7) is 4.63. The SMILES string of the molecule is CCCCCCCCC1CCC(OC(=O)c2ccc(C3CCC(C)CC3)cc2)CC1. The average Bonchev–Trinajstić information content (AvgIpc) is 2.78. The molecule has 2 heteroatoms.